The highest BCUT2D eigenvalue weighted by molar-refractivity contribution is 5.81. The van der Waals surface area contributed by atoms with Crippen LogP contribution in [0.1, 0.15) is 32.6 Å². The Morgan fingerprint density at radius 2 is 2.00 bits per heavy atom. The fourth-order valence-electron chi connectivity index (χ4n) is 2.23. The van der Waals surface area contributed by atoms with Crippen molar-refractivity contribution in [2.45, 2.75) is 38.7 Å². The summed E-state index contributed by atoms with van der Waals surface area (Å²) >= 11 is 0. The summed E-state index contributed by atoms with van der Waals surface area (Å²) in [5.41, 5.74) is 0. The third-order valence-electron chi connectivity index (χ3n) is 3.30. The molecule has 0 radical (unpaired) electrons. The molecule has 1 N–H and O–H groups in total. The molecule has 0 aromatic heterocycles. The Balaban J connectivity index is 2.36. The van der Waals surface area contributed by atoms with Crippen LogP contribution in [-0.4, -0.2) is 35.7 Å². The van der Waals surface area contributed by atoms with E-state index in [0.29, 0.717) is 25.7 Å². The molecule has 3 unspecified atom stereocenters. The number of esters is 2. The third-order valence-corrected chi connectivity index (χ3v) is 3.30. The zero-order valence-corrected chi connectivity index (χ0v) is 11.5. The van der Waals surface area contributed by atoms with Gasteiger partial charge in [-0.25, -0.2) is 4.79 Å². The first-order chi connectivity index (χ1) is 9.43. The van der Waals surface area contributed by atoms with Crippen molar-refractivity contribution in [3.8, 4) is 0 Å². The first-order valence-electron chi connectivity index (χ1n) is 6.66. The van der Waals surface area contributed by atoms with E-state index >= 15 is 0 Å². The zero-order valence-electron chi connectivity index (χ0n) is 11.5. The van der Waals surface area contributed by atoms with Crippen LogP contribution in [0.15, 0.2) is 12.7 Å². The summed E-state index contributed by atoms with van der Waals surface area (Å²) in [4.78, 5) is 33.7. The van der Waals surface area contributed by atoms with E-state index < -0.39 is 29.9 Å². The molecule has 0 aromatic carbocycles. The van der Waals surface area contributed by atoms with Crippen molar-refractivity contribution in [3.63, 3.8) is 0 Å². The molecule has 6 nitrogen and oxygen atoms in total. The van der Waals surface area contributed by atoms with Crippen molar-refractivity contribution in [2.24, 2.45) is 11.8 Å². The van der Waals surface area contributed by atoms with E-state index in [1.165, 1.54) is 0 Å². The third kappa shape index (κ3) is 5.03. The molecule has 1 fully saturated rings. The van der Waals surface area contributed by atoms with E-state index in [1.54, 1.807) is 6.92 Å². The lowest BCUT2D eigenvalue weighted by molar-refractivity contribution is -0.160. The summed E-state index contributed by atoms with van der Waals surface area (Å²) in [6, 6.07) is 0. The number of carbonyl (C=O) groups excluding carboxylic acids is 2. The summed E-state index contributed by atoms with van der Waals surface area (Å²) in [5, 5.41) is 8.96. The molecule has 0 saturated heterocycles. The summed E-state index contributed by atoms with van der Waals surface area (Å²) in [5.74, 6) is -2.71. The van der Waals surface area contributed by atoms with Crippen LogP contribution in [0, 0.1) is 11.8 Å². The highest BCUT2D eigenvalue weighted by Crippen LogP contribution is 2.30. The summed E-state index contributed by atoms with van der Waals surface area (Å²) in [7, 11) is 0. The van der Waals surface area contributed by atoms with E-state index in [2.05, 4.69) is 6.58 Å². The van der Waals surface area contributed by atoms with Gasteiger partial charge in [-0.2, -0.15) is 0 Å². The van der Waals surface area contributed by atoms with Crippen LogP contribution in [0.5, 0.6) is 0 Å². The number of carboxylic acids is 1. The predicted molar refractivity (Wildman–Crippen MR) is 69.8 cm³/mol. The number of hydrogen-bond acceptors (Lipinski definition) is 5. The summed E-state index contributed by atoms with van der Waals surface area (Å²) < 4.78 is 9.94. The Morgan fingerprint density at radius 3 is 2.60 bits per heavy atom. The van der Waals surface area contributed by atoms with E-state index in [4.69, 9.17) is 14.6 Å². The van der Waals surface area contributed by atoms with Crippen LogP contribution in [0.2, 0.25) is 0 Å². The molecule has 0 aliphatic heterocycles. The molecule has 0 spiro atoms. The van der Waals surface area contributed by atoms with Gasteiger partial charge in [0.05, 0.1) is 11.8 Å². The van der Waals surface area contributed by atoms with Crippen molar-refractivity contribution in [2.75, 3.05) is 6.61 Å². The molecule has 20 heavy (non-hydrogen) atoms. The quantitative estimate of drug-likeness (QED) is 0.587. The van der Waals surface area contributed by atoms with Crippen LogP contribution in [0.25, 0.3) is 0 Å². The number of carboxylic acid groups (broad SMARTS) is 1. The van der Waals surface area contributed by atoms with E-state index in [9.17, 15) is 14.4 Å². The second-order valence-corrected chi connectivity index (χ2v) is 4.98. The van der Waals surface area contributed by atoms with Gasteiger partial charge in [0.1, 0.15) is 12.7 Å². The maximum Gasteiger partial charge on any atom is 0.330 e. The van der Waals surface area contributed by atoms with E-state index in [-0.39, 0.29) is 12.5 Å². The minimum absolute atomic E-state index is 0.0351. The monoisotopic (exact) mass is 284 g/mol. The van der Waals surface area contributed by atoms with Gasteiger partial charge in [0, 0.05) is 6.08 Å². The molecule has 1 aliphatic carbocycles. The molecule has 3 atom stereocenters. The molecule has 0 bridgehead atoms. The van der Waals surface area contributed by atoms with Gasteiger partial charge in [0.25, 0.3) is 0 Å². The van der Waals surface area contributed by atoms with Gasteiger partial charge >= 0.3 is 17.9 Å². The molecular weight excluding hydrogens is 264 g/mol. The van der Waals surface area contributed by atoms with Gasteiger partial charge in [-0.15, -0.1) is 0 Å². The van der Waals surface area contributed by atoms with Gasteiger partial charge in [-0.05, 0) is 26.2 Å². The maximum absolute atomic E-state index is 11.9. The Bertz CT molecular complexity index is 389. The van der Waals surface area contributed by atoms with Crippen LogP contribution < -0.4 is 0 Å². The molecule has 6 heteroatoms. The van der Waals surface area contributed by atoms with E-state index in [0.717, 1.165) is 6.08 Å². The molecule has 1 rings (SSSR count). The van der Waals surface area contributed by atoms with Crippen molar-refractivity contribution in [3.05, 3.63) is 12.7 Å². The van der Waals surface area contributed by atoms with Crippen LogP contribution in [0.4, 0.5) is 0 Å². The Kier molecular flexibility index (Phi) is 6.21. The van der Waals surface area contributed by atoms with Gasteiger partial charge < -0.3 is 14.6 Å². The number of rotatable bonds is 6. The largest absolute Gasteiger partial charge is 0.481 e. The lowest BCUT2D eigenvalue weighted by Crippen LogP contribution is -2.30. The Labute approximate surface area is 117 Å². The minimum Gasteiger partial charge on any atom is -0.481 e. The molecule has 1 saturated carbocycles. The number of aliphatic carboxylic acids is 1. The number of carbonyl (C=O) groups is 3. The normalized spacial score (nSPS) is 23.4. The fraction of sp³-hybridized carbons (Fsp3) is 0.643. The lowest BCUT2D eigenvalue weighted by atomic mass is 9.81. The molecular formula is C14H20O6. The van der Waals surface area contributed by atoms with Crippen molar-refractivity contribution < 1.29 is 29.0 Å². The highest BCUT2D eigenvalue weighted by atomic mass is 16.6. The van der Waals surface area contributed by atoms with Crippen LogP contribution >= 0.6 is 0 Å². The van der Waals surface area contributed by atoms with Crippen molar-refractivity contribution in [1.29, 1.82) is 0 Å². The molecule has 0 heterocycles. The summed E-state index contributed by atoms with van der Waals surface area (Å²) in [6.45, 7) is 4.84. The highest BCUT2D eigenvalue weighted by Gasteiger charge is 2.32. The SMILES string of the molecule is C=CC(=O)OC(C)COC(=O)C1CCCC(C(=O)O)C1. The van der Waals surface area contributed by atoms with E-state index in [1.807, 2.05) is 0 Å². The van der Waals surface area contributed by atoms with Gasteiger partial charge in [0.2, 0.25) is 0 Å². The molecule has 0 amide bonds. The Hall–Kier alpha value is -1.85. The van der Waals surface area contributed by atoms with Crippen molar-refractivity contribution in [1.82, 2.24) is 0 Å². The fourth-order valence-corrected chi connectivity index (χ4v) is 2.23. The van der Waals surface area contributed by atoms with Gasteiger partial charge in [-0.1, -0.05) is 13.0 Å². The number of hydrogen-bond donors (Lipinski definition) is 1. The minimum atomic E-state index is -0.865. The van der Waals surface area contributed by atoms with Gasteiger partial charge in [-0.3, -0.25) is 9.59 Å². The summed E-state index contributed by atoms with van der Waals surface area (Å²) in [6.07, 6.45) is 2.75. The van der Waals surface area contributed by atoms with Gasteiger partial charge in [0.15, 0.2) is 0 Å². The first kappa shape index (κ1) is 16.2. The topological polar surface area (TPSA) is 89.9 Å². The Morgan fingerprint density at radius 1 is 1.35 bits per heavy atom. The molecule has 112 valence electrons. The van der Waals surface area contributed by atoms with Crippen LogP contribution in [-0.2, 0) is 23.9 Å². The van der Waals surface area contributed by atoms with Crippen molar-refractivity contribution >= 4 is 17.9 Å². The maximum atomic E-state index is 11.9. The predicted octanol–water partition coefficient (Wildman–Crippen LogP) is 1.54. The smallest absolute Gasteiger partial charge is 0.330 e. The average Bonchev–Trinajstić information content (AvgIpc) is 2.44. The molecule has 1 aliphatic rings. The number of ether oxygens (including phenoxy) is 2. The standard InChI is InChI=1S/C14H20O6/c1-3-12(15)20-9(2)8-19-14(18)11-6-4-5-10(7-11)13(16)17/h3,9-11H,1,4-8H2,2H3,(H,16,17). The van der Waals surface area contributed by atoms with Crippen LogP contribution in [0.3, 0.4) is 0 Å². The second-order valence-electron chi connectivity index (χ2n) is 4.98. The zero-order chi connectivity index (χ0) is 15.1. The second kappa shape index (κ2) is 7.67. The lowest BCUT2D eigenvalue weighted by Gasteiger charge is -2.25. The first-order valence-corrected chi connectivity index (χ1v) is 6.66. The molecule has 0 aromatic rings. The average molecular weight is 284 g/mol.